The zero-order valence-corrected chi connectivity index (χ0v) is 17.6. The lowest BCUT2D eigenvalue weighted by Crippen LogP contribution is -2.50. The maximum atomic E-state index is 12.4. The monoisotopic (exact) mass is 370 g/mol. The molecule has 4 aliphatic carbocycles. The first-order chi connectivity index (χ1) is 12.7. The highest BCUT2D eigenvalue weighted by Gasteiger charge is 2.58. The fraction of sp³-hybridized carbons (Fsp3) is 0.750. The highest BCUT2D eigenvalue weighted by atomic mass is 16.5. The van der Waals surface area contributed by atoms with Crippen molar-refractivity contribution in [1.82, 2.24) is 0 Å². The summed E-state index contributed by atoms with van der Waals surface area (Å²) in [5, 5.41) is 0. The lowest BCUT2D eigenvalue weighted by molar-refractivity contribution is -0.148. The second kappa shape index (κ2) is 6.32. The largest absolute Gasteiger partial charge is 0.462 e. The van der Waals surface area contributed by atoms with Gasteiger partial charge in [0.05, 0.1) is 0 Å². The molecule has 0 amide bonds. The van der Waals surface area contributed by atoms with Crippen LogP contribution < -0.4 is 0 Å². The van der Waals surface area contributed by atoms with E-state index in [-0.39, 0.29) is 28.7 Å². The Hall–Kier alpha value is -1.38. The molecule has 148 valence electrons. The second-order valence-corrected chi connectivity index (χ2v) is 10.1. The summed E-state index contributed by atoms with van der Waals surface area (Å²) >= 11 is 0. The first-order valence-corrected chi connectivity index (χ1v) is 10.7. The van der Waals surface area contributed by atoms with E-state index >= 15 is 0 Å². The van der Waals surface area contributed by atoms with E-state index in [4.69, 9.17) is 4.74 Å². The Morgan fingerprint density at radius 1 is 1.04 bits per heavy atom. The number of carbonyl (C=O) groups excluding carboxylic acids is 2. The summed E-state index contributed by atoms with van der Waals surface area (Å²) in [5.41, 5.74) is 4.33. The van der Waals surface area contributed by atoms with Gasteiger partial charge in [-0.15, -0.1) is 0 Å². The molecule has 2 fully saturated rings. The standard InChI is InChI=1S/C24H34O3/c1-14-12-21-19-7-6-17-13-18(27-16(3)26)8-10-23(17,4)20(19)9-11-24(21,5)22(14)15(2)25/h6,18-21H,7-13H2,1-5H3/t18-,19+,20+,21+,23-,24-/m0/s1. The predicted molar refractivity (Wildman–Crippen MR) is 106 cm³/mol. The Morgan fingerprint density at radius 3 is 2.41 bits per heavy atom. The van der Waals surface area contributed by atoms with Gasteiger partial charge < -0.3 is 4.74 Å². The third-order valence-corrected chi connectivity index (χ3v) is 8.66. The van der Waals surface area contributed by atoms with Gasteiger partial charge in [-0.3, -0.25) is 9.59 Å². The molecule has 0 saturated heterocycles. The molecular weight excluding hydrogens is 336 g/mol. The number of ketones is 1. The highest BCUT2D eigenvalue weighted by molar-refractivity contribution is 5.96. The van der Waals surface area contributed by atoms with Crippen LogP contribution in [0.2, 0.25) is 0 Å². The van der Waals surface area contributed by atoms with Crippen molar-refractivity contribution in [3.8, 4) is 0 Å². The molecule has 0 spiro atoms. The molecule has 0 aromatic rings. The molecule has 0 unspecified atom stereocenters. The van der Waals surface area contributed by atoms with Crippen molar-refractivity contribution in [1.29, 1.82) is 0 Å². The van der Waals surface area contributed by atoms with Gasteiger partial charge in [-0.25, -0.2) is 0 Å². The van der Waals surface area contributed by atoms with E-state index < -0.39 is 0 Å². The Balaban J connectivity index is 1.62. The van der Waals surface area contributed by atoms with Crippen LogP contribution in [-0.4, -0.2) is 17.9 Å². The molecule has 0 radical (unpaired) electrons. The SMILES string of the molecule is CC(=O)O[C@H]1CC[C@@]2(C)C(=CC[C@@H]3[C@H]2CC[C@]2(C)C(C(C)=O)=C(C)C[C@H]32)C1. The lowest BCUT2D eigenvalue weighted by Gasteiger charge is -2.57. The average molecular weight is 371 g/mol. The van der Waals surface area contributed by atoms with Crippen LogP contribution in [0.15, 0.2) is 22.8 Å². The fourth-order valence-corrected chi connectivity index (χ4v) is 7.59. The molecule has 0 aromatic heterocycles. The number of fused-ring (bicyclic) bond motifs is 5. The van der Waals surface area contributed by atoms with Crippen molar-refractivity contribution < 1.29 is 14.3 Å². The van der Waals surface area contributed by atoms with Crippen molar-refractivity contribution in [2.24, 2.45) is 28.6 Å². The summed E-state index contributed by atoms with van der Waals surface area (Å²) < 4.78 is 5.54. The quantitative estimate of drug-likeness (QED) is 0.483. The van der Waals surface area contributed by atoms with Crippen LogP contribution >= 0.6 is 0 Å². The van der Waals surface area contributed by atoms with Crippen LogP contribution in [0.5, 0.6) is 0 Å². The molecule has 4 rings (SSSR count). The maximum absolute atomic E-state index is 12.4. The molecule has 0 N–H and O–H groups in total. The van der Waals surface area contributed by atoms with Crippen molar-refractivity contribution >= 4 is 11.8 Å². The summed E-state index contributed by atoms with van der Waals surface area (Å²) in [6.45, 7) is 10.3. The molecule has 0 heterocycles. The Labute approximate surface area is 163 Å². The Kier molecular flexibility index (Phi) is 4.44. The number of esters is 1. The van der Waals surface area contributed by atoms with Gasteiger partial charge in [0, 0.05) is 13.3 Å². The van der Waals surface area contributed by atoms with Gasteiger partial charge in [0.2, 0.25) is 0 Å². The van der Waals surface area contributed by atoms with E-state index in [0.717, 1.165) is 44.1 Å². The van der Waals surface area contributed by atoms with E-state index in [9.17, 15) is 9.59 Å². The van der Waals surface area contributed by atoms with Crippen LogP contribution in [0.1, 0.15) is 79.6 Å². The average Bonchev–Trinajstić information content (AvgIpc) is 2.85. The number of ether oxygens (including phenoxy) is 1. The van der Waals surface area contributed by atoms with Gasteiger partial charge in [0.15, 0.2) is 5.78 Å². The van der Waals surface area contributed by atoms with Gasteiger partial charge in [0.25, 0.3) is 0 Å². The van der Waals surface area contributed by atoms with E-state index in [1.807, 2.05) is 0 Å². The van der Waals surface area contributed by atoms with Crippen LogP contribution in [0.3, 0.4) is 0 Å². The normalized spacial score (nSPS) is 43.4. The first-order valence-electron chi connectivity index (χ1n) is 10.7. The van der Waals surface area contributed by atoms with Crippen LogP contribution in [-0.2, 0) is 14.3 Å². The smallest absolute Gasteiger partial charge is 0.302 e. The molecule has 27 heavy (non-hydrogen) atoms. The van der Waals surface area contributed by atoms with Crippen LogP contribution in [0, 0.1) is 28.6 Å². The molecule has 2 saturated carbocycles. The Morgan fingerprint density at radius 2 is 1.74 bits per heavy atom. The van der Waals surface area contributed by atoms with E-state index in [2.05, 4.69) is 26.8 Å². The molecule has 4 aliphatic rings. The summed E-state index contributed by atoms with van der Waals surface area (Å²) in [7, 11) is 0. The van der Waals surface area contributed by atoms with Crippen molar-refractivity contribution in [2.75, 3.05) is 0 Å². The van der Waals surface area contributed by atoms with Gasteiger partial charge in [-0.2, -0.15) is 0 Å². The van der Waals surface area contributed by atoms with Crippen molar-refractivity contribution in [2.45, 2.75) is 85.7 Å². The van der Waals surface area contributed by atoms with Crippen molar-refractivity contribution in [3.05, 3.63) is 22.8 Å². The van der Waals surface area contributed by atoms with Crippen LogP contribution in [0.4, 0.5) is 0 Å². The number of allylic oxidation sites excluding steroid dienone is 3. The zero-order valence-electron chi connectivity index (χ0n) is 17.6. The first kappa shape index (κ1) is 19.0. The summed E-state index contributed by atoms with van der Waals surface area (Å²) in [4.78, 5) is 23.8. The molecule has 0 aliphatic heterocycles. The van der Waals surface area contributed by atoms with Crippen molar-refractivity contribution in [3.63, 3.8) is 0 Å². The number of hydrogen-bond donors (Lipinski definition) is 0. The highest BCUT2D eigenvalue weighted by Crippen LogP contribution is 2.66. The summed E-state index contributed by atoms with van der Waals surface area (Å²) in [6.07, 6.45) is 10.1. The van der Waals surface area contributed by atoms with E-state index in [1.165, 1.54) is 24.5 Å². The van der Waals surface area contributed by atoms with Gasteiger partial charge >= 0.3 is 5.97 Å². The Bertz CT molecular complexity index is 745. The second-order valence-electron chi connectivity index (χ2n) is 10.1. The maximum Gasteiger partial charge on any atom is 0.302 e. The molecular formula is C24H34O3. The van der Waals surface area contributed by atoms with Crippen LogP contribution in [0.25, 0.3) is 0 Å². The van der Waals surface area contributed by atoms with E-state index in [1.54, 1.807) is 6.92 Å². The third-order valence-electron chi connectivity index (χ3n) is 8.66. The minimum Gasteiger partial charge on any atom is -0.462 e. The molecule has 0 aromatic carbocycles. The zero-order chi connectivity index (χ0) is 19.6. The summed E-state index contributed by atoms with van der Waals surface area (Å²) in [6, 6.07) is 0. The molecule has 0 bridgehead atoms. The molecule has 6 atom stereocenters. The number of rotatable bonds is 2. The van der Waals surface area contributed by atoms with Gasteiger partial charge in [-0.05, 0) is 86.5 Å². The molecule has 3 nitrogen and oxygen atoms in total. The number of hydrogen-bond acceptors (Lipinski definition) is 3. The number of carbonyl (C=O) groups is 2. The third kappa shape index (κ3) is 2.76. The molecule has 3 heteroatoms. The topological polar surface area (TPSA) is 43.4 Å². The minimum absolute atomic E-state index is 0.0620. The van der Waals surface area contributed by atoms with Gasteiger partial charge in [0.1, 0.15) is 6.10 Å². The van der Waals surface area contributed by atoms with Gasteiger partial charge in [-0.1, -0.05) is 31.1 Å². The predicted octanol–water partition coefficient (Wildman–Crippen LogP) is 5.40. The fourth-order valence-electron chi connectivity index (χ4n) is 7.59. The van der Waals surface area contributed by atoms with E-state index in [0.29, 0.717) is 17.8 Å². The lowest BCUT2D eigenvalue weighted by atomic mass is 9.47. The summed E-state index contributed by atoms with van der Waals surface area (Å²) in [5.74, 6) is 2.12. The minimum atomic E-state index is -0.157. The number of Topliss-reactive ketones (excluding diaryl/α,β-unsaturated/α-hetero) is 1.